The van der Waals surface area contributed by atoms with Gasteiger partial charge < -0.3 is 15.8 Å². The van der Waals surface area contributed by atoms with Crippen molar-refractivity contribution in [2.45, 2.75) is 25.3 Å². The molecule has 0 radical (unpaired) electrons. The van der Waals surface area contributed by atoms with Crippen LogP contribution in [0.2, 0.25) is 0 Å². The smallest absolute Gasteiger partial charge is 0.251 e. The molecule has 24 heavy (non-hydrogen) atoms. The zero-order chi connectivity index (χ0) is 16.3. The highest BCUT2D eigenvalue weighted by Crippen LogP contribution is 2.39. The molecule has 0 saturated heterocycles. The van der Waals surface area contributed by atoms with E-state index in [2.05, 4.69) is 5.32 Å². The summed E-state index contributed by atoms with van der Waals surface area (Å²) in [6.07, 6.45) is 2.27. The molecule has 1 fully saturated rings. The Labute approximate surface area is 148 Å². The summed E-state index contributed by atoms with van der Waals surface area (Å²) >= 11 is 0. The van der Waals surface area contributed by atoms with Crippen molar-refractivity contribution in [2.75, 3.05) is 6.54 Å². The number of rotatable bonds is 6. The fourth-order valence-corrected chi connectivity index (χ4v) is 2.67. The second kappa shape index (κ2) is 7.69. The maximum absolute atomic E-state index is 12.4. The molecule has 1 aliphatic rings. The van der Waals surface area contributed by atoms with Crippen molar-refractivity contribution >= 4 is 18.3 Å². The van der Waals surface area contributed by atoms with Crippen LogP contribution in [0.15, 0.2) is 54.6 Å². The van der Waals surface area contributed by atoms with Crippen LogP contribution in [0.4, 0.5) is 0 Å². The van der Waals surface area contributed by atoms with Gasteiger partial charge in [-0.15, -0.1) is 12.4 Å². The van der Waals surface area contributed by atoms with E-state index in [9.17, 15) is 4.79 Å². The summed E-state index contributed by atoms with van der Waals surface area (Å²) in [6, 6.07) is 16.7. The van der Waals surface area contributed by atoms with Crippen molar-refractivity contribution in [1.29, 1.82) is 0 Å². The molecule has 0 bridgehead atoms. The molecule has 3 N–H and O–H groups in total. The summed E-state index contributed by atoms with van der Waals surface area (Å²) < 4.78 is 5.73. The minimum Gasteiger partial charge on any atom is -0.457 e. The third kappa shape index (κ3) is 4.28. The van der Waals surface area contributed by atoms with Crippen LogP contribution >= 0.6 is 12.4 Å². The van der Waals surface area contributed by atoms with Crippen molar-refractivity contribution in [1.82, 2.24) is 5.32 Å². The van der Waals surface area contributed by atoms with E-state index >= 15 is 0 Å². The molecular formula is C19H23ClN2O2. The van der Waals surface area contributed by atoms with Gasteiger partial charge in [0.2, 0.25) is 0 Å². The monoisotopic (exact) mass is 346 g/mol. The standard InChI is InChI=1S/C19H22N2O2.ClH/c1-19(13-20,15-9-10-15)21-18(22)14-7-11-17(12-8-14)23-16-5-3-2-4-6-16;/h2-8,11-12,15H,9-10,13,20H2,1H3,(H,21,22);1H. The highest BCUT2D eigenvalue weighted by molar-refractivity contribution is 5.94. The third-order valence-corrected chi connectivity index (χ3v) is 4.40. The van der Waals surface area contributed by atoms with Gasteiger partial charge in [-0.2, -0.15) is 0 Å². The molecule has 2 aromatic rings. The van der Waals surface area contributed by atoms with Gasteiger partial charge in [0.15, 0.2) is 0 Å². The van der Waals surface area contributed by atoms with E-state index in [0.717, 1.165) is 18.6 Å². The SMILES string of the molecule is CC(CN)(NC(=O)c1ccc(Oc2ccccc2)cc1)C1CC1.Cl. The van der Waals surface area contributed by atoms with Gasteiger partial charge in [-0.05, 0) is 62.1 Å². The fourth-order valence-electron chi connectivity index (χ4n) is 2.67. The zero-order valence-electron chi connectivity index (χ0n) is 13.7. The average molecular weight is 347 g/mol. The fraction of sp³-hybridized carbons (Fsp3) is 0.316. The van der Waals surface area contributed by atoms with Gasteiger partial charge in [-0.1, -0.05) is 18.2 Å². The maximum Gasteiger partial charge on any atom is 0.251 e. The van der Waals surface area contributed by atoms with E-state index in [1.165, 1.54) is 0 Å². The van der Waals surface area contributed by atoms with E-state index in [1.54, 1.807) is 24.3 Å². The molecule has 0 aromatic heterocycles. The van der Waals surface area contributed by atoms with E-state index in [-0.39, 0.29) is 23.9 Å². The number of para-hydroxylation sites is 1. The van der Waals surface area contributed by atoms with E-state index in [4.69, 9.17) is 10.5 Å². The van der Waals surface area contributed by atoms with Crippen LogP contribution in [0.1, 0.15) is 30.1 Å². The van der Waals surface area contributed by atoms with Crippen LogP contribution in [0.3, 0.4) is 0 Å². The van der Waals surface area contributed by atoms with Gasteiger partial charge in [-0.3, -0.25) is 4.79 Å². The maximum atomic E-state index is 12.4. The highest BCUT2D eigenvalue weighted by Gasteiger charge is 2.41. The number of carbonyl (C=O) groups excluding carboxylic acids is 1. The third-order valence-electron chi connectivity index (χ3n) is 4.40. The van der Waals surface area contributed by atoms with Crippen molar-refractivity contribution in [2.24, 2.45) is 11.7 Å². The van der Waals surface area contributed by atoms with Crippen LogP contribution in [0.5, 0.6) is 11.5 Å². The van der Waals surface area contributed by atoms with Crippen LogP contribution in [0, 0.1) is 5.92 Å². The molecule has 0 heterocycles. The Hall–Kier alpha value is -2.04. The number of nitrogens with two attached hydrogens (primary N) is 1. The first-order valence-electron chi connectivity index (χ1n) is 7.96. The lowest BCUT2D eigenvalue weighted by Crippen LogP contribution is -2.53. The summed E-state index contributed by atoms with van der Waals surface area (Å²) in [5.41, 5.74) is 6.16. The van der Waals surface area contributed by atoms with E-state index in [0.29, 0.717) is 23.8 Å². The Bertz CT molecular complexity index is 672. The van der Waals surface area contributed by atoms with Crippen LogP contribution in [-0.4, -0.2) is 18.0 Å². The number of carbonyl (C=O) groups is 1. The Kier molecular flexibility index (Phi) is 5.86. The molecular weight excluding hydrogens is 324 g/mol. The van der Waals surface area contributed by atoms with Crippen LogP contribution in [-0.2, 0) is 0 Å². The number of hydrogen-bond acceptors (Lipinski definition) is 3. The van der Waals surface area contributed by atoms with Gasteiger partial charge in [0.05, 0.1) is 5.54 Å². The quantitative estimate of drug-likeness (QED) is 0.837. The first-order valence-corrected chi connectivity index (χ1v) is 7.96. The normalized spacial score (nSPS) is 15.8. The molecule has 1 saturated carbocycles. The summed E-state index contributed by atoms with van der Waals surface area (Å²) in [5.74, 6) is 1.89. The van der Waals surface area contributed by atoms with Gasteiger partial charge in [-0.25, -0.2) is 0 Å². The molecule has 1 atom stereocenters. The molecule has 5 heteroatoms. The number of hydrogen-bond donors (Lipinski definition) is 2. The summed E-state index contributed by atoms with van der Waals surface area (Å²) in [7, 11) is 0. The Morgan fingerprint density at radius 2 is 1.71 bits per heavy atom. The summed E-state index contributed by atoms with van der Waals surface area (Å²) in [5, 5.41) is 3.09. The van der Waals surface area contributed by atoms with Crippen molar-refractivity contribution in [3.8, 4) is 11.5 Å². The second-order valence-corrected chi connectivity index (χ2v) is 6.29. The van der Waals surface area contributed by atoms with Crippen LogP contribution < -0.4 is 15.8 Å². The number of benzene rings is 2. The van der Waals surface area contributed by atoms with E-state index in [1.807, 2.05) is 37.3 Å². The van der Waals surface area contributed by atoms with Gasteiger partial charge in [0.1, 0.15) is 11.5 Å². The number of amides is 1. The number of halogens is 1. The number of nitrogens with one attached hydrogen (secondary N) is 1. The minimum absolute atomic E-state index is 0. The Morgan fingerprint density at radius 3 is 2.25 bits per heavy atom. The van der Waals surface area contributed by atoms with Crippen molar-refractivity contribution < 1.29 is 9.53 Å². The largest absolute Gasteiger partial charge is 0.457 e. The molecule has 1 unspecified atom stereocenters. The predicted octanol–water partition coefficient (Wildman–Crippen LogP) is 3.76. The van der Waals surface area contributed by atoms with Gasteiger partial charge in [0, 0.05) is 12.1 Å². The van der Waals surface area contributed by atoms with Crippen molar-refractivity contribution in [3.05, 3.63) is 60.2 Å². The lowest BCUT2D eigenvalue weighted by Gasteiger charge is -2.29. The van der Waals surface area contributed by atoms with Gasteiger partial charge in [0.25, 0.3) is 5.91 Å². The molecule has 128 valence electrons. The van der Waals surface area contributed by atoms with Gasteiger partial charge >= 0.3 is 0 Å². The lowest BCUT2D eigenvalue weighted by molar-refractivity contribution is 0.0898. The molecule has 0 aliphatic heterocycles. The molecule has 3 rings (SSSR count). The Morgan fingerprint density at radius 1 is 1.12 bits per heavy atom. The summed E-state index contributed by atoms with van der Waals surface area (Å²) in [4.78, 5) is 12.4. The highest BCUT2D eigenvalue weighted by atomic mass is 35.5. The minimum atomic E-state index is -0.309. The van der Waals surface area contributed by atoms with E-state index < -0.39 is 0 Å². The predicted molar refractivity (Wildman–Crippen MR) is 97.9 cm³/mol. The zero-order valence-corrected chi connectivity index (χ0v) is 14.5. The second-order valence-electron chi connectivity index (χ2n) is 6.29. The summed E-state index contributed by atoms with van der Waals surface area (Å²) in [6.45, 7) is 2.48. The first kappa shape index (κ1) is 18.3. The van der Waals surface area contributed by atoms with Crippen LogP contribution in [0.25, 0.3) is 0 Å². The number of ether oxygens (including phenoxy) is 1. The molecule has 0 spiro atoms. The molecule has 4 nitrogen and oxygen atoms in total. The topological polar surface area (TPSA) is 64.3 Å². The molecule has 2 aromatic carbocycles. The average Bonchev–Trinajstić information content (AvgIpc) is 3.42. The molecule has 1 aliphatic carbocycles. The lowest BCUT2D eigenvalue weighted by atomic mass is 9.95. The molecule has 1 amide bonds. The Balaban J connectivity index is 0.00000208. The first-order chi connectivity index (χ1) is 11.1. The van der Waals surface area contributed by atoms with Crippen molar-refractivity contribution in [3.63, 3.8) is 0 Å².